The smallest absolute Gasteiger partial charge is 0.237 e. The molecule has 2 heterocycles. The summed E-state index contributed by atoms with van der Waals surface area (Å²) in [6, 6.07) is 13.5. The van der Waals surface area contributed by atoms with Crippen LogP contribution in [0.25, 0.3) is 11.3 Å². The van der Waals surface area contributed by atoms with E-state index < -0.39 is 22.6 Å². The third-order valence-corrected chi connectivity index (χ3v) is 6.65. The lowest BCUT2D eigenvalue weighted by Gasteiger charge is -2.36. The number of amides is 2. The summed E-state index contributed by atoms with van der Waals surface area (Å²) in [5.41, 5.74) is 10.8. The minimum absolute atomic E-state index is 0.0144. The van der Waals surface area contributed by atoms with Gasteiger partial charge in [0, 0.05) is 28.0 Å². The number of rotatable bonds is 5. The minimum Gasteiger partial charge on any atom is -0.368 e. The van der Waals surface area contributed by atoms with Gasteiger partial charge in [0.15, 0.2) is 0 Å². The Bertz CT molecular complexity index is 1310. The molecule has 0 bridgehead atoms. The first-order valence-electron chi connectivity index (χ1n) is 9.73. The molecule has 1 aliphatic rings. The molecule has 166 valence electrons. The van der Waals surface area contributed by atoms with Crippen LogP contribution < -0.4 is 11.5 Å². The van der Waals surface area contributed by atoms with Gasteiger partial charge in [-0.2, -0.15) is 0 Å². The molecule has 0 radical (unpaired) electrons. The van der Waals surface area contributed by atoms with Gasteiger partial charge in [0.1, 0.15) is 16.0 Å². The fourth-order valence-electron chi connectivity index (χ4n) is 3.86. The average Bonchev–Trinajstić information content (AvgIpc) is 2.80. The van der Waals surface area contributed by atoms with Gasteiger partial charge in [-0.15, -0.1) is 0 Å². The minimum atomic E-state index is -1.55. The number of primary amides is 2. The van der Waals surface area contributed by atoms with Crippen LogP contribution in [-0.2, 0) is 20.4 Å². The third kappa shape index (κ3) is 3.80. The van der Waals surface area contributed by atoms with Crippen molar-refractivity contribution in [3.8, 4) is 11.3 Å². The number of carbonyl (C=O) groups excluding carboxylic acids is 2. The molecule has 1 aromatic carbocycles. The second-order valence-electron chi connectivity index (χ2n) is 7.51. The standard InChI is InChI=1S/C24H17Cl3N4O2/c25-17-6-4-14(11-16(17)18-3-1-2-10-30-18)24(22(29)33)9-8-23(21(28)32,12-19(24)26)15-5-7-20(27)31-13-15/h1-13H,(H2,28,32)(H2,29,33). The second kappa shape index (κ2) is 8.63. The monoisotopic (exact) mass is 498 g/mol. The quantitative estimate of drug-likeness (QED) is 0.403. The molecular weight excluding hydrogens is 483 g/mol. The van der Waals surface area contributed by atoms with Crippen LogP contribution >= 0.6 is 34.8 Å². The number of nitrogens with two attached hydrogens (primary N) is 2. The molecule has 33 heavy (non-hydrogen) atoms. The molecule has 4 N–H and O–H groups in total. The van der Waals surface area contributed by atoms with Crippen molar-refractivity contribution >= 4 is 46.6 Å². The van der Waals surface area contributed by atoms with Crippen molar-refractivity contribution in [3.63, 3.8) is 0 Å². The molecule has 0 saturated heterocycles. The molecule has 2 unspecified atom stereocenters. The second-order valence-corrected chi connectivity index (χ2v) is 8.71. The predicted molar refractivity (Wildman–Crippen MR) is 129 cm³/mol. The van der Waals surface area contributed by atoms with Crippen molar-refractivity contribution < 1.29 is 9.59 Å². The van der Waals surface area contributed by atoms with E-state index in [1.165, 1.54) is 30.5 Å². The van der Waals surface area contributed by atoms with Crippen LogP contribution in [0.5, 0.6) is 0 Å². The van der Waals surface area contributed by atoms with Gasteiger partial charge in [0.2, 0.25) is 11.8 Å². The summed E-state index contributed by atoms with van der Waals surface area (Å²) >= 11 is 19.0. The fourth-order valence-corrected chi connectivity index (χ4v) is 4.62. The summed E-state index contributed by atoms with van der Waals surface area (Å²) in [5.74, 6) is -1.44. The molecule has 0 fully saturated rings. The van der Waals surface area contributed by atoms with E-state index in [0.29, 0.717) is 27.4 Å². The summed E-state index contributed by atoms with van der Waals surface area (Å²) in [5, 5.41) is 0.708. The summed E-state index contributed by atoms with van der Waals surface area (Å²) in [7, 11) is 0. The fraction of sp³-hybridized carbons (Fsp3) is 0.0833. The highest BCUT2D eigenvalue weighted by molar-refractivity contribution is 6.35. The Labute approximate surface area is 204 Å². The van der Waals surface area contributed by atoms with Crippen molar-refractivity contribution in [2.45, 2.75) is 10.8 Å². The summed E-state index contributed by atoms with van der Waals surface area (Å²) in [6.45, 7) is 0. The molecular formula is C24H17Cl3N4O2. The Kier molecular flexibility index (Phi) is 6.01. The van der Waals surface area contributed by atoms with Gasteiger partial charge in [-0.05, 0) is 47.5 Å². The lowest BCUT2D eigenvalue weighted by Crippen LogP contribution is -2.47. The Hall–Kier alpha value is -3.19. The van der Waals surface area contributed by atoms with Crippen molar-refractivity contribution in [1.82, 2.24) is 9.97 Å². The largest absolute Gasteiger partial charge is 0.368 e. The SMILES string of the molecule is NC(=O)C1(c2ccc(Cl)nc2)C=CC(C(N)=O)(c2ccc(Cl)c(-c3ccccn3)c2)C(Cl)=C1. The van der Waals surface area contributed by atoms with Crippen LogP contribution in [0, 0.1) is 0 Å². The first-order valence-corrected chi connectivity index (χ1v) is 10.9. The lowest BCUT2D eigenvalue weighted by atomic mass is 9.68. The highest BCUT2D eigenvalue weighted by atomic mass is 35.5. The molecule has 9 heteroatoms. The van der Waals surface area contributed by atoms with Gasteiger partial charge in [0.05, 0.1) is 5.69 Å². The van der Waals surface area contributed by atoms with E-state index in [1.54, 1.807) is 42.6 Å². The Morgan fingerprint density at radius 2 is 1.61 bits per heavy atom. The van der Waals surface area contributed by atoms with Crippen molar-refractivity contribution in [1.29, 1.82) is 0 Å². The lowest BCUT2D eigenvalue weighted by molar-refractivity contribution is -0.122. The van der Waals surface area contributed by atoms with Gasteiger partial charge >= 0.3 is 0 Å². The summed E-state index contributed by atoms with van der Waals surface area (Å²) in [4.78, 5) is 33.8. The van der Waals surface area contributed by atoms with E-state index in [9.17, 15) is 9.59 Å². The summed E-state index contributed by atoms with van der Waals surface area (Å²) < 4.78 is 0. The predicted octanol–water partition coefficient (Wildman–Crippen LogP) is 4.29. The first kappa shape index (κ1) is 23.0. The van der Waals surface area contributed by atoms with E-state index >= 15 is 0 Å². The van der Waals surface area contributed by atoms with Crippen LogP contribution in [0.15, 0.2) is 84.2 Å². The van der Waals surface area contributed by atoms with E-state index in [-0.39, 0.29) is 10.2 Å². The van der Waals surface area contributed by atoms with Gasteiger partial charge in [-0.1, -0.05) is 65.2 Å². The zero-order valence-electron chi connectivity index (χ0n) is 17.0. The number of aromatic nitrogens is 2. The number of benzene rings is 1. The summed E-state index contributed by atoms with van der Waals surface area (Å²) in [6.07, 6.45) is 7.48. The van der Waals surface area contributed by atoms with Crippen LogP contribution in [-0.4, -0.2) is 21.8 Å². The molecule has 2 aromatic heterocycles. The molecule has 4 rings (SSSR count). The topological polar surface area (TPSA) is 112 Å². The third-order valence-electron chi connectivity index (χ3n) is 5.69. The van der Waals surface area contributed by atoms with Crippen LogP contribution in [0.1, 0.15) is 11.1 Å². The maximum atomic E-state index is 12.8. The zero-order valence-corrected chi connectivity index (χ0v) is 19.3. The van der Waals surface area contributed by atoms with E-state index in [1.807, 2.05) is 6.07 Å². The average molecular weight is 500 g/mol. The highest BCUT2D eigenvalue weighted by Crippen LogP contribution is 2.46. The van der Waals surface area contributed by atoms with Crippen LogP contribution in [0.3, 0.4) is 0 Å². The van der Waals surface area contributed by atoms with E-state index in [4.69, 9.17) is 46.3 Å². The van der Waals surface area contributed by atoms with Crippen molar-refractivity contribution in [2.24, 2.45) is 11.5 Å². The van der Waals surface area contributed by atoms with Gasteiger partial charge in [-0.3, -0.25) is 14.6 Å². The number of hydrogen-bond donors (Lipinski definition) is 2. The highest BCUT2D eigenvalue weighted by Gasteiger charge is 2.47. The Balaban J connectivity index is 1.90. The maximum Gasteiger partial charge on any atom is 0.237 e. The van der Waals surface area contributed by atoms with Gasteiger partial charge in [0.25, 0.3) is 0 Å². The number of carbonyl (C=O) groups is 2. The molecule has 2 amide bonds. The zero-order chi connectivity index (χ0) is 23.8. The molecule has 0 aliphatic heterocycles. The number of halogens is 3. The van der Waals surface area contributed by atoms with E-state index in [2.05, 4.69) is 9.97 Å². The van der Waals surface area contributed by atoms with Gasteiger partial charge in [-0.25, -0.2) is 4.98 Å². The molecule has 2 atom stereocenters. The number of pyridine rings is 2. The van der Waals surface area contributed by atoms with Crippen LogP contribution in [0.2, 0.25) is 10.2 Å². The molecule has 3 aromatic rings. The number of hydrogen-bond acceptors (Lipinski definition) is 4. The van der Waals surface area contributed by atoms with E-state index in [0.717, 1.165) is 0 Å². The normalized spacial score (nSPS) is 22.0. The molecule has 0 saturated carbocycles. The van der Waals surface area contributed by atoms with Crippen molar-refractivity contribution in [2.75, 3.05) is 0 Å². The van der Waals surface area contributed by atoms with Crippen molar-refractivity contribution in [3.05, 3.63) is 105 Å². The first-order chi connectivity index (χ1) is 15.7. The molecule has 6 nitrogen and oxygen atoms in total. The molecule has 1 aliphatic carbocycles. The van der Waals surface area contributed by atoms with Crippen LogP contribution in [0.4, 0.5) is 0 Å². The Morgan fingerprint density at radius 1 is 0.848 bits per heavy atom. The Morgan fingerprint density at radius 3 is 2.18 bits per heavy atom. The van der Waals surface area contributed by atoms with Gasteiger partial charge < -0.3 is 11.5 Å². The maximum absolute atomic E-state index is 12.8. The molecule has 0 spiro atoms. The number of nitrogens with zero attached hydrogens (tertiary/aromatic N) is 2.